The topological polar surface area (TPSA) is 41.1 Å². The van der Waals surface area contributed by atoms with Crippen molar-refractivity contribution >= 4 is 5.82 Å². The van der Waals surface area contributed by atoms with E-state index < -0.39 is 0 Å². The zero-order chi connectivity index (χ0) is 11.5. The molecule has 1 aliphatic rings. The van der Waals surface area contributed by atoms with E-state index in [1.807, 2.05) is 20.0 Å². The van der Waals surface area contributed by atoms with Gasteiger partial charge in [-0.3, -0.25) is 4.98 Å². The molecule has 0 bridgehead atoms. The zero-order valence-corrected chi connectivity index (χ0v) is 10.3. The summed E-state index contributed by atoms with van der Waals surface area (Å²) in [5.41, 5.74) is 2.02. The van der Waals surface area contributed by atoms with Crippen LogP contribution in [0.5, 0.6) is 0 Å². The predicted molar refractivity (Wildman–Crippen MR) is 65.8 cm³/mol. The van der Waals surface area contributed by atoms with Crippen molar-refractivity contribution in [2.24, 2.45) is 0 Å². The third-order valence-corrected chi connectivity index (χ3v) is 3.03. The lowest BCUT2D eigenvalue weighted by Gasteiger charge is -2.18. The van der Waals surface area contributed by atoms with Crippen LogP contribution < -0.4 is 10.2 Å². The summed E-state index contributed by atoms with van der Waals surface area (Å²) in [6, 6.07) is 0.777. The number of likely N-dealkylation sites (N-methyl/N-ethyl adjacent to an activating group) is 1. The molecular formula is C12H20N4. The lowest BCUT2D eigenvalue weighted by Crippen LogP contribution is -2.30. The highest BCUT2D eigenvalue weighted by Gasteiger charge is 2.19. The first-order valence-electron chi connectivity index (χ1n) is 5.91. The second kappa shape index (κ2) is 4.78. The molecule has 4 nitrogen and oxygen atoms in total. The molecule has 0 unspecified atom stereocenters. The van der Waals surface area contributed by atoms with E-state index in [9.17, 15) is 0 Å². The van der Waals surface area contributed by atoms with E-state index in [4.69, 9.17) is 0 Å². The van der Waals surface area contributed by atoms with E-state index in [1.165, 1.54) is 12.8 Å². The van der Waals surface area contributed by atoms with Gasteiger partial charge >= 0.3 is 0 Å². The Bertz CT molecular complexity index is 360. The summed E-state index contributed by atoms with van der Waals surface area (Å²) in [4.78, 5) is 11.0. The highest BCUT2D eigenvalue weighted by Crippen LogP contribution is 2.18. The van der Waals surface area contributed by atoms with E-state index in [1.54, 1.807) is 0 Å². The average molecular weight is 220 g/mol. The van der Waals surface area contributed by atoms with Gasteiger partial charge in [0.05, 0.1) is 17.6 Å². The number of rotatable bonds is 5. The van der Waals surface area contributed by atoms with Crippen LogP contribution in [-0.4, -0.2) is 36.1 Å². The fourth-order valence-electron chi connectivity index (χ4n) is 1.55. The second-order valence-corrected chi connectivity index (χ2v) is 4.55. The van der Waals surface area contributed by atoms with Gasteiger partial charge in [0.15, 0.2) is 0 Å². The van der Waals surface area contributed by atoms with Gasteiger partial charge in [-0.2, -0.15) is 0 Å². The molecule has 1 heterocycles. The van der Waals surface area contributed by atoms with Crippen LogP contribution in [0.3, 0.4) is 0 Å². The quantitative estimate of drug-likeness (QED) is 0.811. The molecule has 0 saturated heterocycles. The van der Waals surface area contributed by atoms with Crippen LogP contribution in [0.1, 0.15) is 24.2 Å². The number of anilines is 1. The first-order chi connectivity index (χ1) is 7.66. The predicted octanol–water partition coefficient (Wildman–Crippen LogP) is 1.28. The van der Waals surface area contributed by atoms with Gasteiger partial charge in [-0.25, -0.2) is 4.98 Å². The van der Waals surface area contributed by atoms with E-state index in [2.05, 4.69) is 27.2 Å². The number of nitrogens with zero attached hydrogens (tertiary/aromatic N) is 3. The van der Waals surface area contributed by atoms with Crippen LogP contribution in [0.25, 0.3) is 0 Å². The van der Waals surface area contributed by atoms with E-state index in [0.29, 0.717) is 0 Å². The maximum absolute atomic E-state index is 4.52. The third-order valence-electron chi connectivity index (χ3n) is 3.03. The standard InChI is InChI=1S/C12H20N4/c1-9-10(2)15-12(8-14-9)16(3)7-6-13-11-4-5-11/h8,11,13H,4-7H2,1-3H3. The molecule has 0 atom stereocenters. The third kappa shape index (κ3) is 2.92. The lowest BCUT2D eigenvalue weighted by molar-refractivity contribution is 0.671. The molecule has 1 saturated carbocycles. The fourth-order valence-corrected chi connectivity index (χ4v) is 1.55. The van der Waals surface area contributed by atoms with Crippen LogP contribution in [0.2, 0.25) is 0 Å². The Kier molecular flexibility index (Phi) is 3.39. The highest BCUT2D eigenvalue weighted by molar-refractivity contribution is 5.36. The molecule has 2 rings (SSSR count). The van der Waals surface area contributed by atoms with Gasteiger partial charge in [0.1, 0.15) is 5.82 Å². The van der Waals surface area contributed by atoms with E-state index in [-0.39, 0.29) is 0 Å². The summed E-state index contributed by atoms with van der Waals surface area (Å²) in [6.07, 6.45) is 4.53. The largest absolute Gasteiger partial charge is 0.357 e. The number of nitrogens with one attached hydrogen (secondary N) is 1. The Balaban J connectivity index is 1.86. The van der Waals surface area contributed by atoms with Gasteiger partial charge < -0.3 is 10.2 Å². The average Bonchev–Trinajstić information content (AvgIpc) is 3.06. The van der Waals surface area contributed by atoms with Gasteiger partial charge in [-0.05, 0) is 26.7 Å². The van der Waals surface area contributed by atoms with E-state index in [0.717, 1.165) is 36.3 Å². The van der Waals surface area contributed by atoms with Crippen molar-refractivity contribution in [1.82, 2.24) is 15.3 Å². The monoisotopic (exact) mass is 220 g/mol. The molecule has 16 heavy (non-hydrogen) atoms. The summed E-state index contributed by atoms with van der Waals surface area (Å²) >= 11 is 0. The molecule has 0 amide bonds. The fraction of sp³-hybridized carbons (Fsp3) is 0.667. The molecule has 0 aliphatic heterocycles. The molecule has 1 aromatic heterocycles. The highest BCUT2D eigenvalue weighted by atomic mass is 15.2. The first kappa shape index (κ1) is 11.3. The van der Waals surface area contributed by atoms with Crippen molar-refractivity contribution in [2.45, 2.75) is 32.7 Å². The molecule has 1 fully saturated rings. The summed E-state index contributed by atoms with van der Waals surface area (Å²) in [7, 11) is 2.06. The van der Waals surface area contributed by atoms with Crippen LogP contribution in [0, 0.1) is 13.8 Å². The van der Waals surface area contributed by atoms with Gasteiger partial charge in [-0.1, -0.05) is 0 Å². The number of hydrogen-bond donors (Lipinski definition) is 1. The molecule has 4 heteroatoms. The van der Waals surface area contributed by atoms with Crippen molar-refractivity contribution in [3.8, 4) is 0 Å². The number of hydrogen-bond acceptors (Lipinski definition) is 4. The van der Waals surface area contributed by atoms with Crippen molar-refractivity contribution in [1.29, 1.82) is 0 Å². The van der Waals surface area contributed by atoms with Gasteiger partial charge in [0.25, 0.3) is 0 Å². The number of aryl methyl sites for hydroxylation is 2. The Morgan fingerprint density at radius 2 is 2.12 bits per heavy atom. The van der Waals surface area contributed by atoms with Crippen LogP contribution in [0.4, 0.5) is 5.82 Å². The minimum absolute atomic E-state index is 0.777. The van der Waals surface area contributed by atoms with E-state index >= 15 is 0 Å². The molecule has 0 aromatic carbocycles. The molecule has 0 radical (unpaired) electrons. The molecule has 1 aliphatic carbocycles. The van der Waals surface area contributed by atoms with Gasteiger partial charge in [-0.15, -0.1) is 0 Å². The maximum Gasteiger partial charge on any atom is 0.147 e. The molecule has 1 aromatic rings. The van der Waals surface area contributed by atoms with Crippen molar-refractivity contribution in [2.75, 3.05) is 25.0 Å². The summed E-state index contributed by atoms with van der Waals surface area (Å²) < 4.78 is 0. The van der Waals surface area contributed by atoms with Gasteiger partial charge in [0, 0.05) is 26.2 Å². The summed E-state index contributed by atoms with van der Waals surface area (Å²) in [6.45, 7) is 5.99. The SMILES string of the molecule is Cc1ncc(N(C)CCNC2CC2)nc1C. The first-order valence-corrected chi connectivity index (χ1v) is 5.91. The molecule has 88 valence electrons. The van der Waals surface area contributed by atoms with Crippen LogP contribution in [-0.2, 0) is 0 Å². The Morgan fingerprint density at radius 1 is 1.38 bits per heavy atom. The lowest BCUT2D eigenvalue weighted by atomic mass is 10.3. The van der Waals surface area contributed by atoms with Crippen molar-refractivity contribution < 1.29 is 0 Å². The Morgan fingerprint density at radius 3 is 2.75 bits per heavy atom. The van der Waals surface area contributed by atoms with Crippen LogP contribution >= 0.6 is 0 Å². The number of aromatic nitrogens is 2. The smallest absolute Gasteiger partial charge is 0.147 e. The van der Waals surface area contributed by atoms with Gasteiger partial charge in [0.2, 0.25) is 0 Å². The minimum atomic E-state index is 0.777. The Labute approximate surface area is 97.1 Å². The second-order valence-electron chi connectivity index (χ2n) is 4.55. The van der Waals surface area contributed by atoms with Crippen LogP contribution in [0.15, 0.2) is 6.20 Å². The summed E-state index contributed by atoms with van der Waals surface area (Å²) in [5.74, 6) is 0.959. The molecule has 1 N–H and O–H groups in total. The zero-order valence-electron chi connectivity index (χ0n) is 10.3. The Hall–Kier alpha value is -1.16. The minimum Gasteiger partial charge on any atom is -0.357 e. The van der Waals surface area contributed by atoms with Crippen molar-refractivity contribution in [3.05, 3.63) is 17.6 Å². The molecule has 0 spiro atoms. The maximum atomic E-state index is 4.52. The van der Waals surface area contributed by atoms with Crippen molar-refractivity contribution in [3.63, 3.8) is 0 Å². The summed E-state index contributed by atoms with van der Waals surface area (Å²) in [5, 5.41) is 3.49. The molecular weight excluding hydrogens is 200 g/mol. The normalized spacial score (nSPS) is 15.2.